The summed E-state index contributed by atoms with van der Waals surface area (Å²) >= 11 is 0. The minimum atomic E-state index is -0.236. The number of hydrogen-bond acceptors (Lipinski definition) is 4. The molecule has 1 aromatic rings. The second-order valence-electron chi connectivity index (χ2n) is 2.09. The molecule has 5 heteroatoms. The molecule has 1 N–H and O–H groups in total. The zero-order valence-corrected chi connectivity index (χ0v) is 6.40. The van der Waals surface area contributed by atoms with Crippen LogP contribution in [0.5, 0.6) is 0 Å². The lowest BCUT2D eigenvalue weighted by atomic mass is 10.4. The van der Waals surface area contributed by atoms with Crippen LogP contribution in [0.15, 0.2) is 12.4 Å². The Balaban J connectivity index is 2.80. The number of hydrogen-bond donors (Lipinski definition) is 1. The molecule has 60 valence electrons. The van der Waals surface area contributed by atoms with E-state index in [-0.39, 0.29) is 11.9 Å². The van der Waals surface area contributed by atoms with Gasteiger partial charge in [0.1, 0.15) is 6.07 Å². The van der Waals surface area contributed by atoms with E-state index in [1.807, 2.05) is 6.07 Å². The molecule has 0 aromatic carbocycles. The van der Waals surface area contributed by atoms with Gasteiger partial charge in [-0.3, -0.25) is 10.1 Å². The van der Waals surface area contributed by atoms with Gasteiger partial charge in [-0.05, 0) is 0 Å². The number of amides is 1. The monoisotopic (exact) mass is 162 g/mol. The standard InChI is InChI=1S/C7H6N4O/c1-5(12)11-7-9-3-6(2-8)4-10-7/h3-4H,1H3,(H,9,10,11,12). The van der Waals surface area contributed by atoms with Crippen molar-refractivity contribution in [2.75, 3.05) is 5.32 Å². The van der Waals surface area contributed by atoms with E-state index in [0.29, 0.717) is 5.56 Å². The number of carbonyl (C=O) groups excluding carboxylic acids is 1. The Bertz CT molecular complexity index is 324. The zero-order valence-electron chi connectivity index (χ0n) is 6.40. The molecule has 1 aromatic heterocycles. The lowest BCUT2D eigenvalue weighted by Gasteiger charge is -1.97. The summed E-state index contributed by atoms with van der Waals surface area (Å²) in [6.07, 6.45) is 2.69. The summed E-state index contributed by atoms with van der Waals surface area (Å²) in [5, 5.41) is 10.8. The molecule has 0 saturated carbocycles. The zero-order chi connectivity index (χ0) is 8.97. The fraction of sp³-hybridized carbons (Fsp3) is 0.143. The van der Waals surface area contributed by atoms with Gasteiger partial charge < -0.3 is 0 Å². The van der Waals surface area contributed by atoms with E-state index in [1.165, 1.54) is 19.3 Å². The van der Waals surface area contributed by atoms with E-state index in [2.05, 4.69) is 15.3 Å². The van der Waals surface area contributed by atoms with E-state index in [4.69, 9.17) is 5.26 Å². The Morgan fingerprint density at radius 3 is 2.58 bits per heavy atom. The lowest BCUT2D eigenvalue weighted by Crippen LogP contribution is -2.08. The number of nitriles is 1. The van der Waals surface area contributed by atoms with Crippen molar-refractivity contribution in [1.29, 1.82) is 5.26 Å². The first-order valence-electron chi connectivity index (χ1n) is 3.22. The highest BCUT2D eigenvalue weighted by molar-refractivity contribution is 5.86. The summed E-state index contributed by atoms with van der Waals surface area (Å²) in [5.74, 6) is -0.0267. The van der Waals surface area contributed by atoms with Crippen LogP contribution in [0.25, 0.3) is 0 Å². The molecule has 0 saturated heterocycles. The smallest absolute Gasteiger partial charge is 0.229 e. The summed E-state index contributed by atoms with van der Waals surface area (Å²) in [4.78, 5) is 18.0. The largest absolute Gasteiger partial charge is 0.295 e. The molecule has 0 bridgehead atoms. The van der Waals surface area contributed by atoms with Crippen molar-refractivity contribution in [3.63, 3.8) is 0 Å². The summed E-state index contributed by atoms with van der Waals surface area (Å²) in [6, 6.07) is 1.87. The molecule has 12 heavy (non-hydrogen) atoms. The van der Waals surface area contributed by atoms with Crippen molar-refractivity contribution in [2.24, 2.45) is 0 Å². The summed E-state index contributed by atoms with van der Waals surface area (Å²) in [5.41, 5.74) is 0.365. The Hall–Kier alpha value is -1.96. The molecule has 0 fully saturated rings. The third kappa shape index (κ3) is 2.02. The highest BCUT2D eigenvalue weighted by Crippen LogP contribution is 1.97. The molecule has 0 spiro atoms. The number of nitrogens with one attached hydrogen (secondary N) is 1. The average molecular weight is 162 g/mol. The molecule has 5 nitrogen and oxygen atoms in total. The van der Waals surface area contributed by atoms with Gasteiger partial charge in [-0.2, -0.15) is 5.26 Å². The average Bonchev–Trinajstić information content (AvgIpc) is 2.05. The molecule has 0 aliphatic heterocycles. The highest BCUT2D eigenvalue weighted by atomic mass is 16.1. The maximum Gasteiger partial charge on any atom is 0.229 e. The molecule has 0 unspecified atom stereocenters. The van der Waals surface area contributed by atoms with Crippen molar-refractivity contribution >= 4 is 11.9 Å². The molecular formula is C7H6N4O. The van der Waals surface area contributed by atoms with Crippen molar-refractivity contribution in [2.45, 2.75) is 6.92 Å². The van der Waals surface area contributed by atoms with Gasteiger partial charge in [0, 0.05) is 6.92 Å². The number of rotatable bonds is 1. The van der Waals surface area contributed by atoms with Crippen molar-refractivity contribution in [3.05, 3.63) is 18.0 Å². The number of anilines is 1. The second kappa shape index (κ2) is 3.44. The predicted octanol–water partition coefficient (Wildman–Crippen LogP) is 0.307. The Morgan fingerprint density at radius 2 is 2.17 bits per heavy atom. The maximum atomic E-state index is 10.5. The van der Waals surface area contributed by atoms with Crippen LogP contribution in [0.3, 0.4) is 0 Å². The van der Waals surface area contributed by atoms with Crippen LogP contribution in [-0.2, 0) is 4.79 Å². The first kappa shape index (κ1) is 8.14. The number of nitrogens with zero attached hydrogens (tertiary/aromatic N) is 3. The first-order valence-corrected chi connectivity index (χ1v) is 3.22. The maximum absolute atomic E-state index is 10.5. The first-order chi connectivity index (χ1) is 5.72. The number of carbonyl (C=O) groups is 1. The summed E-state index contributed by atoms with van der Waals surface area (Å²) in [7, 11) is 0. The normalized spacial score (nSPS) is 8.67. The molecule has 1 heterocycles. The Morgan fingerprint density at radius 1 is 1.58 bits per heavy atom. The SMILES string of the molecule is CC(=O)Nc1ncc(C#N)cn1. The third-order valence-electron chi connectivity index (χ3n) is 1.07. The van der Waals surface area contributed by atoms with Gasteiger partial charge in [-0.25, -0.2) is 9.97 Å². The molecule has 1 rings (SSSR count). The van der Waals surface area contributed by atoms with E-state index in [1.54, 1.807) is 0 Å². The second-order valence-corrected chi connectivity index (χ2v) is 2.09. The Labute approximate surface area is 69.1 Å². The minimum absolute atomic E-state index is 0.210. The van der Waals surface area contributed by atoms with Crippen LogP contribution >= 0.6 is 0 Å². The molecule has 0 atom stereocenters. The topological polar surface area (TPSA) is 78.7 Å². The fourth-order valence-corrected chi connectivity index (χ4v) is 0.608. The summed E-state index contributed by atoms with van der Waals surface area (Å²) < 4.78 is 0. The fourth-order valence-electron chi connectivity index (χ4n) is 0.608. The lowest BCUT2D eigenvalue weighted by molar-refractivity contribution is -0.114. The quantitative estimate of drug-likeness (QED) is 0.644. The van der Waals surface area contributed by atoms with Gasteiger partial charge in [0.2, 0.25) is 11.9 Å². The van der Waals surface area contributed by atoms with Gasteiger partial charge >= 0.3 is 0 Å². The van der Waals surface area contributed by atoms with Crippen LogP contribution in [-0.4, -0.2) is 15.9 Å². The molecule has 1 amide bonds. The highest BCUT2D eigenvalue weighted by Gasteiger charge is 1.97. The van der Waals surface area contributed by atoms with Crippen molar-refractivity contribution in [3.8, 4) is 6.07 Å². The van der Waals surface area contributed by atoms with Crippen LogP contribution in [0.2, 0.25) is 0 Å². The molecule has 0 aliphatic carbocycles. The van der Waals surface area contributed by atoms with Crippen molar-refractivity contribution < 1.29 is 4.79 Å². The van der Waals surface area contributed by atoms with Gasteiger partial charge in [0.05, 0.1) is 18.0 Å². The van der Waals surface area contributed by atoms with E-state index in [0.717, 1.165) is 0 Å². The van der Waals surface area contributed by atoms with Gasteiger partial charge in [-0.1, -0.05) is 0 Å². The Kier molecular flexibility index (Phi) is 2.33. The molecule has 0 aliphatic rings. The minimum Gasteiger partial charge on any atom is -0.295 e. The van der Waals surface area contributed by atoms with Crippen LogP contribution in [0.1, 0.15) is 12.5 Å². The number of aromatic nitrogens is 2. The van der Waals surface area contributed by atoms with Crippen LogP contribution < -0.4 is 5.32 Å². The van der Waals surface area contributed by atoms with Crippen LogP contribution in [0.4, 0.5) is 5.95 Å². The molecular weight excluding hydrogens is 156 g/mol. The third-order valence-corrected chi connectivity index (χ3v) is 1.07. The van der Waals surface area contributed by atoms with Gasteiger partial charge in [-0.15, -0.1) is 0 Å². The van der Waals surface area contributed by atoms with Crippen LogP contribution in [0, 0.1) is 11.3 Å². The van der Waals surface area contributed by atoms with E-state index >= 15 is 0 Å². The van der Waals surface area contributed by atoms with Gasteiger partial charge in [0.25, 0.3) is 0 Å². The van der Waals surface area contributed by atoms with E-state index < -0.39 is 0 Å². The van der Waals surface area contributed by atoms with Gasteiger partial charge in [0.15, 0.2) is 0 Å². The van der Waals surface area contributed by atoms with Crippen molar-refractivity contribution in [1.82, 2.24) is 9.97 Å². The predicted molar refractivity (Wildman–Crippen MR) is 41.1 cm³/mol. The molecule has 0 radical (unpaired) electrons. The summed E-state index contributed by atoms with van der Waals surface area (Å²) in [6.45, 7) is 1.36. The van der Waals surface area contributed by atoms with E-state index in [9.17, 15) is 4.79 Å².